The minimum atomic E-state index is -0.180. The van der Waals surface area contributed by atoms with Crippen molar-refractivity contribution in [2.45, 2.75) is 19.9 Å². The number of carbonyl (C=O) groups excluding carboxylic acids is 1. The van der Waals surface area contributed by atoms with Gasteiger partial charge in [0, 0.05) is 25.1 Å². The molecular weight excluding hydrogens is 246 g/mol. The Balaban J connectivity index is 2.43. The smallest absolute Gasteiger partial charge is 0.305 e. The Hall–Kier alpha value is -1.75. The van der Waals surface area contributed by atoms with E-state index in [4.69, 9.17) is 14.2 Å². The van der Waals surface area contributed by atoms with Crippen LogP contribution < -0.4 is 14.8 Å². The van der Waals surface area contributed by atoms with Gasteiger partial charge in [-0.05, 0) is 6.07 Å². The van der Waals surface area contributed by atoms with Gasteiger partial charge in [-0.1, -0.05) is 19.1 Å². The van der Waals surface area contributed by atoms with Crippen LogP contribution in [0.25, 0.3) is 0 Å². The van der Waals surface area contributed by atoms with Crippen molar-refractivity contribution in [3.8, 4) is 11.5 Å². The van der Waals surface area contributed by atoms with Gasteiger partial charge in [0.15, 0.2) is 11.5 Å². The second kappa shape index (κ2) is 8.37. The van der Waals surface area contributed by atoms with E-state index in [0.717, 1.165) is 11.3 Å². The Bertz CT molecular complexity index is 406. The van der Waals surface area contributed by atoms with E-state index in [1.807, 2.05) is 18.2 Å². The maximum absolute atomic E-state index is 10.9. The van der Waals surface area contributed by atoms with Crippen LogP contribution in [-0.2, 0) is 16.1 Å². The molecule has 0 radical (unpaired) electrons. The van der Waals surface area contributed by atoms with E-state index in [1.54, 1.807) is 21.1 Å². The normalized spacial score (nSPS) is 10.1. The third kappa shape index (κ3) is 4.79. The fourth-order valence-corrected chi connectivity index (χ4v) is 1.66. The molecule has 0 spiro atoms. The zero-order valence-corrected chi connectivity index (χ0v) is 11.7. The second-order valence-corrected chi connectivity index (χ2v) is 3.90. The average Bonchev–Trinajstić information content (AvgIpc) is 2.45. The number of esters is 1. The van der Waals surface area contributed by atoms with Gasteiger partial charge >= 0.3 is 5.97 Å². The Labute approximate surface area is 113 Å². The molecule has 0 aliphatic carbocycles. The van der Waals surface area contributed by atoms with Gasteiger partial charge in [-0.25, -0.2) is 0 Å². The molecule has 0 heterocycles. The summed E-state index contributed by atoms with van der Waals surface area (Å²) in [4.78, 5) is 10.9. The molecule has 106 valence electrons. The fourth-order valence-electron chi connectivity index (χ4n) is 1.66. The first-order valence-corrected chi connectivity index (χ1v) is 6.29. The first-order valence-electron chi connectivity index (χ1n) is 6.29. The number of benzene rings is 1. The van der Waals surface area contributed by atoms with Gasteiger partial charge in [-0.2, -0.15) is 0 Å². The van der Waals surface area contributed by atoms with Crippen LogP contribution in [0.3, 0.4) is 0 Å². The van der Waals surface area contributed by atoms with E-state index in [2.05, 4.69) is 5.32 Å². The summed E-state index contributed by atoms with van der Waals surface area (Å²) in [5.74, 6) is 1.25. The van der Waals surface area contributed by atoms with E-state index >= 15 is 0 Å². The number of nitrogens with one attached hydrogen (secondary N) is 1. The lowest BCUT2D eigenvalue weighted by atomic mass is 10.2. The van der Waals surface area contributed by atoms with Crippen LogP contribution in [0.2, 0.25) is 0 Å². The molecule has 5 nitrogen and oxygen atoms in total. The highest BCUT2D eigenvalue weighted by atomic mass is 16.5. The number of para-hydroxylation sites is 1. The zero-order valence-electron chi connectivity index (χ0n) is 11.7. The Morgan fingerprint density at radius 3 is 2.68 bits per heavy atom. The first-order chi connectivity index (χ1) is 9.22. The lowest BCUT2D eigenvalue weighted by Crippen LogP contribution is -2.21. The highest BCUT2D eigenvalue weighted by Crippen LogP contribution is 2.30. The molecule has 0 aromatic heterocycles. The highest BCUT2D eigenvalue weighted by molar-refractivity contribution is 5.68. The van der Waals surface area contributed by atoms with Crippen molar-refractivity contribution >= 4 is 5.97 Å². The molecule has 5 heteroatoms. The van der Waals surface area contributed by atoms with Gasteiger partial charge in [0.05, 0.1) is 14.2 Å². The van der Waals surface area contributed by atoms with Crippen LogP contribution in [0.1, 0.15) is 18.9 Å². The van der Waals surface area contributed by atoms with Crippen molar-refractivity contribution in [2.24, 2.45) is 0 Å². The summed E-state index contributed by atoms with van der Waals surface area (Å²) < 4.78 is 15.5. The molecule has 1 aromatic carbocycles. The van der Waals surface area contributed by atoms with Crippen molar-refractivity contribution < 1.29 is 19.0 Å². The molecule has 19 heavy (non-hydrogen) atoms. The fraction of sp³-hybridized carbons (Fsp3) is 0.500. The van der Waals surface area contributed by atoms with Crippen molar-refractivity contribution in [1.29, 1.82) is 0 Å². The number of ether oxygens (including phenoxy) is 3. The Morgan fingerprint density at radius 2 is 2.05 bits per heavy atom. The summed E-state index contributed by atoms with van der Waals surface area (Å²) in [7, 11) is 3.23. The van der Waals surface area contributed by atoms with Crippen LogP contribution in [0.15, 0.2) is 18.2 Å². The molecule has 1 N–H and O–H groups in total. The molecule has 0 saturated heterocycles. The summed E-state index contributed by atoms with van der Waals surface area (Å²) in [5, 5.41) is 3.19. The zero-order chi connectivity index (χ0) is 14.1. The molecule has 0 unspecified atom stereocenters. The molecule has 0 fully saturated rings. The van der Waals surface area contributed by atoms with Gasteiger partial charge in [0.2, 0.25) is 0 Å². The number of hydrogen-bond donors (Lipinski definition) is 1. The Morgan fingerprint density at radius 1 is 1.26 bits per heavy atom. The molecule has 1 rings (SSSR count). The molecule has 1 aromatic rings. The average molecular weight is 267 g/mol. The lowest BCUT2D eigenvalue weighted by molar-refractivity contribution is -0.143. The standard InChI is InChI=1S/C14H21NO4/c1-4-13(16)19-9-8-15-10-11-6-5-7-12(17-2)14(11)18-3/h5-7,15H,4,8-10H2,1-3H3. The van der Waals surface area contributed by atoms with Crippen LogP contribution in [-0.4, -0.2) is 33.3 Å². The highest BCUT2D eigenvalue weighted by Gasteiger charge is 2.08. The topological polar surface area (TPSA) is 56.8 Å². The monoisotopic (exact) mass is 267 g/mol. The lowest BCUT2D eigenvalue weighted by Gasteiger charge is -2.13. The van der Waals surface area contributed by atoms with E-state index in [9.17, 15) is 4.79 Å². The van der Waals surface area contributed by atoms with Gasteiger partial charge < -0.3 is 19.5 Å². The van der Waals surface area contributed by atoms with Crippen LogP contribution in [0.5, 0.6) is 11.5 Å². The minimum Gasteiger partial charge on any atom is -0.493 e. The van der Waals surface area contributed by atoms with Gasteiger partial charge in [-0.3, -0.25) is 4.79 Å². The van der Waals surface area contributed by atoms with Crippen molar-refractivity contribution in [1.82, 2.24) is 5.32 Å². The molecular formula is C14H21NO4. The molecule has 0 amide bonds. The summed E-state index contributed by atoms with van der Waals surface area (Å²) in [6.45, 7) is 3.38. The van der Waals surface area contributed by atoms with E-state index in [-0.39, 0.29) is 5.97 Å². The predicted molar refractivity (Wildman–Crippen MR) is 72.5 cm³/mol. The number of hydrogen-bond acceptors (Lipinski definition) is 5. The maximum Gasteiger partial charge on any atom is 0.305 e. The third-order valence-corrected chi connectivity index (χ3v) is 2.63. The maximum atomic E-state index is 10.9. The summed E-state index contributed by atoms with van der Waals surface area (Å²) in [6, 6.07) is 5.73. The number of methoxy groups -OCH3 is 2. The predicted octanol–water partition coefficient (Wildman–Crippen LogP) is 1.75. The molecule has 0 atom stereocenters. The van der Waals surface area contributed by atoms with Crippen molar-refractivity contribution in [3.63, 3.8) is 0 Å². The summed E-state index contributed by atoms with van der Waals surface area (Å²) in [5.41, 5.74) is 1.00. The van der Waals surface area contributed by atoms with E-state index in [1.165, 1.54) is 0 Å². The second-order valence-electron chi connectivity index (χ2n) is 3.90. The van der Waals surface area contributed by atoms with Crippen LogP contribution in [0.4, 0.5) is 0 Å². The van der Waals surface area contributed by atoms with E-state index < -0.39 is 0 Å². The third-order valence-electron chi connectivity index (χ3n) is 2.63. The summed E-state index contributed by atoms with van der Waals surface area (Å²) >= 11 is 0. The first kappa shape index (κ1) is 15.3. The van der Waals surface area contributed by atoms with Gasteiger partial charge in [-0.15, -0.1) is 0 Å². The quantitative estimate of drug-likeness (QED) is 0.574. The SMILES string of the molecule is CCC(=O)OCCNCc1cccc(OC)c1OC. The van der Waals surface area contributed by atoms with Crippen molar-refractivity contribution in [2.75, 3.05) is 27.4 Å². The molecule has 0 aliphatic heterocycles. The van der Waals surface area contributed by atoms with Crippen LogP contribution in [0, 0.1) is 0 Å². The van der Waals surface area contributed by atoms with E-state index in [0.29, 0.717) is 31.9 Å². The summed E-state index contributed by atoms with van der Waals surface area (Å²) in [6.07, 6.45) is 0.406. The van der Waals surface area contributed by atoms with Crippen LogP contribution >= 0.6 is 0 Å². The molecule has 0 bridgehead atoms. The number of carbonyl (C=O) groups is 1. The molecule has 0 aliphatic rings. The minimum absolute atomic E-state index is 0.180. The Kier molecular flexibility index (Phi) is 6.74. The molecule has 0 saturated carbocycles. The van der Waals surface area contributed by atoms with Crippen molar-refractivity contribution in [3.05, 3.63) is 23.8 Å². The van der Waals surface area contributed by atoms with Gasteiger partial charge in [0.1, 0.15) is 6.61 Å². The number of rotatable bonds is 8. The van der Waals surface area contributed by atoms with Gasteiger partial charge in [0.25, 0.3) is 0 Å². The largest absolute Gasteiger partial charge is 0.493 e.